The van der Waals surface area contributed by atoms with E-state index in [0.717, 1.165) is 5.56 Å². The number of hydrogen-bond acceptors (Lipinski definition) is 4. The van der Waals surface area contributed by atoms with E-state index in [0.29, 0.717) is 26.9 Å². The summed E-state index contributed by atoms with van der Waals surface area (Å²) in [4.78, 5) is 8.54. The van der Waals surface area contributed by atoms with E-state index in [1.807, 2.05) is 37.3 Å². The van der Waals surface area contributed by atoms with Crippen molar-refractivity contribution < 1.29 is 8.42 Å². The fourth-order valence-corrected chi connectivity index (χ4v) is 4.34. The number of hydrogen-bond donors (Lipinski definition) is 1. The third-order valence-corrected chi connectivity index (χ3v) is 5.29. The van der Waals surface area contributed by atoms with Gasteiger partial charge in [0.1, 0.15) is 6.33 Å². The lowest BCUT2D eigenvalue weighted by atomic mass is 10.1. The van der Waals surface area contributed by atoms with Crippen LogP contribution in [0.5, 0.6) is 0 Å². The van der Waals surface area contributed by atoms with Crippen molar-refractivity contribution in [1.29, 1.82) is 0 Å². The molecule has 0 radical (unpaired) electrons. The number of aromatic nitrogens is 2. The molecule has 3 rings (SSSR count). The molecule has 3 aromatic rings. The molecule has 1 heterocycles. The van der Waals surface area contributed by atoms with Gasteiger partial charge in [-0.1, -0.05) is 29.8 Å². The van der Waals surface area contributed by atoms with E-state index in [2.05, 4.69) is 14.7 Å². The van der Waals surface area contributed by atoms with E-state index in [1.54, 1.807) is 19.9 Å². The number of benzene rings is 2. The molecular formula is C17H17N3O2S. The topological polar surface area (TPSA) is 72.0 Å². The summed E-state index contributed by atoms with van der Waals surface area (Å²) in [6.45, 7) is 5.54. The van der Waals surface area contributed by atoms with Crippen LogP contribution in [-0.4, -0.2) is 18.4 Å². The quantitative estimate of drug-likeness (QED) is 0.800. The number of anilines is 1. The highest BCUT2D eigenvalue weighted by atomic mass is 32.2. The summed E-state index contributed by atoms with van der Waals surface area (Å²) < 4.78 is 28.3. The summed E-state index contributed by atoms with van der Waals surface area (Å²) in [5, 5.41) is 0.668. The molecule has 0 aliphatic rings. The van der Waals surface area contributed by atoms with Crippen molar-refractivity contribution in [2.45, 2.75) is 25.7 Å². The van der Waals surface area contributed by atoms with E-state index in [9.17, 15) is 8.42 Å². The molecule has 0 bridgehead atoms. The number of aryl methyl sites for hydroxylation is 3. The van der Waals surface area contributed by atoms with Crippen molar-refractivity contribution in [2.75, 3.05) is 4.72 Å². The Labute approximate surface area is 135 Å². The Morgan fingerprint density at radius 1 is 0.957 bits per heavy atom. The van der Waals surface area contributed by atoms with Gasteiger partial charge >= 0.3 is 0 Å². The second-order valence-electron chi connectivity index (χ2n) is 5.57. The standard InChI is InChI=1S/C17H17N3O2S/c1-11-8-12(2)16(13(3)9-11)23(21,22)20-17-14-6-4-5-7-15(14)18-10-19-17/h4-10H,1-3H3,(H,18,19,20). The summed E-state index contributed by atoms with van der Waals surface area (Å²) in [5.74, 6) is 0.287. The fourth-order valence-electron chi connectivity index (χ4n) is 2.86. The SMILES string of the molecule is Cc1cc(C)c(S(=O)(=O)Nc2ncnc3ccccc23)c(C)c1. The molecule has 0 aliphatic carbocycles. The van der Waals surface area contributed by atoms with Gasteiger partial charge in [-0.05, 0) is 44.0 Å². The summed E-state index contributed by atoms with van der Waals surface area (Å²) in [6.07, 6.45) is 1.36. The first kappa shape index (κ1) is 15.4. The molecule has 0 atom stereocenters. The summed E-state index contributed by atoms with van der Waals surface area (Å²) >= 11 is 0. The van der Waals surface area contributed by atoms with E-state index < -0.39 is 10.0 Å². The smallest absolute Gasteiger partial charge is 0.263 e. The molecule has 0 saturated carbocycles. The monoisotopic (exact) mass is 327 g/mol. The van der Waals surface area contributed by atoms with Crippen LogP contribution >= 0.6 is 0 Å². The van der Waals surface area contributed by atoms with Crippen molar-refractivity contribution in [2.24, 2.45) is 0 Å². The van der Waals surface area contributed by atoms with Gasteiger partial charge in [-0.3, -0.25) is 4.72 Å². The van der Waals surface area contributed by atoms with Crippen molar-refractivity contribution in [1.82, 2.24) is 9.97 Å². The predicted octanol–water partition coefficient (Wildman–Crippen LogP) is 3.36. The van der Waals surface area contributed by atoms with Crippen LogP contribution in [0, 0.1) is 20.8 Å². The lowest BCUT2D eigenvalue weighted by Crippen LogP contribution is -2.17. The van der Waals surface area contributed by atoms with Gasteiger partial charge in [-0.25, -0.2) is 18.4 Å². The Morgan fingerprint density at radius 3 is 2.30 bits per heavy atom. The molecule has 0 saturated heterocycles. The van der Waals surface area contributed by atoms with Gasteiger partial charge < -0.3 is 0 Å². The molecule has 23 heavy (non-hydrogen) atoms. The second-order valence-corrected chi connectivity index (χ2v) is 7.19. The molecule has 0 fully saturated rings. The minimum absolute atomic E-state index is 0.287. The maximum Gasteiger partial charge on any atom is 0.263 e. The van der Waals surface area contributed by atoms with Crippen molar-refractivity contribution in [3.8, 4) is 0 Å². The van der Waals surface area contributed by atoms with Gasteiger partial charge in [0.25, 0.3) is 10.0 Å². The van der Waals surface area contributed by atoms with Crippen LogP contribution < -0.4 is 4.72 Å². The van der Waals surface area contributed by atoms with Crippen molar-refractivity contribution >= 4 is 26.7 Å². The average molecular weight is 327 g/mol. The maximum absolute atomic E-state index is 12.8. The van der Waals surface area contributed by atoms with Gasteiger partial charge in [0, 0.05) is 5.39 Å². The van der Waals surface area contributed by atoms with Gasteiger partial charge in [-0.2, -0.15) is 0 Å². The third kappa shape index (κ3) is 2.90. The molecule has 0 aliphatic heterocycles. The van der Waals surface area contributed by atoms with Crippen LogP contribution in [-0.2, 0) is 10.0 Å². The minimum Gasteiger partial charge on any atom is -0.263 e. The summed E-state index contributed by atoms with van der Waals surface area (Å²) in [6, 6.07) is 11.0. The van der Waals surface area contributed by atoms with E-state index in [1.165, 1.54) is 6.33 Å². The van der Waals surface area contributed by atoms with Gasteiger partial charge in [-0.15, -0.1) is 0 Å². The zero-order valence-corrected chi connectivity index (χ0v) is 14.0. The minimum atomic E-state index is -3.72. The first-order valence-corrected chi connectivity index (χ1v) is 8.67. The molecule has 1 aromatic heterocycles. The molecule has 1 N–H and O–H groups in total. The molecule has 2 aromatic carbocycles. The molecular weight excluding hydrogens is 310 g/mol. The predicted molar refractivity (Wildman–Crippen MR) is 91.0 cm³/mol. The Morgan fingerprint density at radius 2 is 1.61 bits per heavy atom. The number of sulfonamides is 1. The van der Waals surface area contributed by atoms with Crippen LogP contribution in [0.4, 0.5) is 5.82 Å². The van der Waals surface area contributed by atoms with Crippen LogP contribution in [0.15, 0.2) is 47.6 Å². The molecule has 5 nitrogen and oxygen atoms in total. The van der Waals surface area contributed by atoms with E-state index in [-0.39, 0.29) is 5.82 Å². The normalized spacial score (nSPS) is 11.6. The number of para-hydroxylation sites is 1. The summed E-state index contributed by atoms with van der Waals surface area (Å²) in [5.41, 5.74) is 3.16. The lowest BCUT2D eigenvalue weighted by Gasteiger charge is -2.14. The van der Waals surface area contributed by atoms with Gasteiger partial charge in [0.15, 0.2) is 5.82 Å². The molecule has 0 amide bonds. The van der Waals surface area contributed by atoms with Gasteiger partial charge in [0.2, 0.25) is 0 Å². The number of rotatable bonds is 3. The zero-order valence-electron chi connectivity index (χ0n) is 13.2. The third-order valence-electron chi connectivity index (χ3n) is 3.65. The first-order valence-electron chi connectivity index (χ1n) is 7.19. The number of nitrogens with one attached hydrogen (secondary N) is 1. The Kier molecular flexibility index (Phi) is 3.77. The highest BCUT2D eigenvalue weighted by Crippen LogP contribution is 2.26. The Balaban J connectivity index is 2.12. The highest BCUT2D eigenvalue weighted by Gasteiger charge is 2.21. The lowest BCUT2D eigenvalue weighted by molar-refractivity contribution is 0.600. The Hall–Kier alpha value is -2.47. The van der Waals surface area contributed by atoms with E-state index >= 15 is 0 Å². The van der Waals surface area contributed by atoms with Crippen LogP contribution in [0.2, 0.25) is 0 Å². The molecule has 0 spiro atoms. The molecule has 6 heteroatoms. The maximum atomic E-state index is 12.8. The van der Waals surface area contributed by atoms with Crippen molar-refractivity contribution in [3.63, 3.8) is 0 Å². The molecule has 118 valence electrons. The number of fused-ring (bicyclic) bond motifs is 1. The largest absolute Gasteiger partial charge is 0.263 e. The Bertz CT molecular complexity index is 969. The van der Waals surface area contributed by atoms with Crippen molar-refractivity contribution in [3.05, 3.63) is 59.4 Å². The summed E-state index contributed by atoms with van der Waals surface area (Å²) in [7, 11) is -3.72. The highest BCUT2D eigenvalue weighted by molar-refractivity contribution is 7.92. The zero-order chi connectivity index (χ0) is 16.6. The average Bonchev–Trinajstić information content (AvgIpc) is 2.45. The van der Waals surface area contributed by atoms with E-state index in [4.69, 9.17) is 0 Å². The number of nitrogens with zero attached hydrogens (tertiary/aromatic N) is 2. The second kappa shape index (κ2) is 5.62. The van der Waals surface area contributed by atoms with Crippen LogP contribution in [0.25, 0.3) is 10.9 Å². The first-order chi connectivity index (χ1) is 10.9. The van der Waals surface area contributed by atoms with Crippen LogP contribution in [0.1, 0.15) is 16.7 Å². The van der Waals surface area contributed by atoms with Gasteiger partial charge in [0.05, 0.1) is 10.4 Å². The molecule has 0 unspecified atom stereocenters. The van der Waals surface area contributed by atoms with Crippen LogP contribution in [0.3, 0.4) is 0 Å². The fraction of sp³-hybridized carbons (Fsp3) is 0.176.